The van der Waals surface area contributed by atoms with Crippen LogP contribution in [0.1, 0.15) is 11.1 Å². The number of benzene rings is 2. The number of fused-ring (bicyclic) bond motifs is 1. The monoisotopic (exact) mass is 409 g/mol. The van der Waals surface area contributed by atoms with Crippen molar-refractivity contribution in [1.29, 1.82) is 0 Å². The van der Waals surface area contributed by atoms with Gasteiger partial charge in [0.2, 0.25) is 6.79 Å². The zero-order valence-corrected chi connectivity index (χ0v) is 14.8. The van der Waals surface area contributed by atoms with Gasteiger partial charge in [-0.3, -0.25) is 5.43 Å². The molecule has 124 valence electrons. The number of hydrogen-bond acceptors (Lipinski definition) is 4. The molecule has 0 aliphatic carbocycles. The van der Waals surface area contributed by atoms with Crippen LogP contribution in [-0.2, 0) is 6.54 Å². The molecule has 0 fully saturated rings. The number of nitrogens with zero attached hydrogens (tertiary/aromatic N) is 1. The highest BCUT2D eigenvalue weighted by molar-refractivity contribution is 9.10. The average molecular weight is 410 g/mol. The third-order valence-electron chi connectivity index (χ3n) is 3.22. The minimum atomic E-state index is -0.358. The minimum absolute atomic E-state index is 0.243. The van der Waals surface area contributed by atoms with Crippen LogP contribution in [0, 0.1) is 5.82 Å². The fourth-order valence-corrected chi connectivity index (χ4v) is 2.55. The molecule has 1 aliphatic heterocycles. The highest BCUT2D eigenvalue weighted by Gasteiger charge is 2.12. The summed E-state index contributed by atoms with van der Waals surface area (Å²) < 4.78 is 24.9. The van der Waals surface area contributed by atoms with Gasteiger partial charge in [0, 0.05) is 16.6 Å². The number of halogens is 2. The van der Waals surface area contributed by atoms with Gasteiger partial charge < -0.3 is 14.8 Å². The molecule has 5 nitrogen and oxygen atoms in total. The van der Waals surface area contributed by atoms with Crippen LogP contribution < -0.4 is 20.2 Å². The van der Waals surface area contributed by atoms with Crippen LogP contribution in [0.5, 0.6) is 11.5 Å². The molecule has 0 spiro atoms. The van der Waals surface area contributed by atoms with E-state index in [1.54, 1.807) is 12.1 Å². The van der Waals surface area contributed by atoms with Crippen LogP contribution in [-0.4, -0.2) is 18.1 Å². The maximum absolute atomic E-state index is 13.6. The van der Waals surface area contributed by atoms with E-state index in [-0.39, 0.29) is 12.6 Å². The van der Waals surface area contributed by atoms with Crippen molar-refractivity contribution in [1.82, 2.24) is 10.7 Å². The Morgan fingerprint density at radius 3 is 2.96 bits per heavy atom. The summed E-state index contributed by atoms with van der Waals surface area (Å²) in [5.41, 5.74) is 4.00. The van der Waals surface area contributed by atoms with Gasteiger partial charge >= 0.3 is 0 Å². The zero-order chi connectivity index (χ0) is 16.9. The lowest BCUT2D eigenvalue weighted by atomic mass is 10.2. The summed E-state index contributed by atoms with van der Waals surface area (Å²) in [6.07, 6.45) is 1.37. The molecule has 0 unspecified atom stereocenters. The molecule has 1 aliphatic rings. The highest BCUT2D eigenvalue weighted by Crippen LogP contribution is 2.32. The van der Waals surface area contributed by atoms with E-state index in [0.29, 0.717) is 17.2 Å². The lowest BCUT2D eigenvalue weighted by Gasteiger charge is -2.07. The topological polar surface area (TPSA) is 54.9 Å². The van der Waals surface area contributed by atoms with E-state index < -0.39 is 0 Å². The van der Waals surface area contributed by atoms with Crippen molar-refractivity contribution in [3.05, 3.63) is 57.8 Å². The summed E-state index contributed by atoms with van der Waals surface area (Å²) in [6.45, 7) is 0.746. The quantitative estimate of drug-likeness (QED) is 0.460. The number of hydrogen-bond donors (Lipinski definition) is 2. The summed E-state index contributed by atoms with van der Waals surface area (Å²) in [5, 5.41) is 7.27. The molecule has 0 aromatic heterocycles. The molecule has 0 bridgehead atoms. The second-order valence-electron chi connectivity index (χ2n) is 4.91. The van der Waals surface area contributed by atoms with Gasteiger partial charge in [0.1, 0.15) is 5.82 Å². The third-order valence-corrected chi connectivity index (χ3v) is 3.95. The van der Waals surface area contributed by atoms with Crippen LogP contribution in [0.2, 0.25) is 0 Å². The van der Waals surface area contributed by atoms with Crippen molar-refractivity contribution < 1.29 is 13.9 Å². The number of nitrogens with one attached hydrogen (secondary N) is 2. The first-order chi connectivity index (χ1) is 11.6. The lowest BCUT2D eigenvalue weighted by molar-refractivity contribution is 0.174. The van der Waals surface area contributed by atoms with Gasteiger partial charge in [-0.25, -0.2) is 4.39 Å². The van der Waals surface area contributed by atoms with E-state index in [4.69, 9.17) is 21.7 Å². The molecule has 0 amide bonds. The Morgan fingerprint density at radius 1 is 1.25 bits per heavy atom. The summed E-state index contributed by atoms with van der Waals surface area (Å²) >= 11 is 8.41. The van der Waals surface area contributed by atoms with E-state index in [0.717, 1.165) is 21.5 Å². The number of thiocarbonyl (C=S) groups is 1. The SMILES string of the molecule is Fc1ccc(Br)cc1/C=N\NC(=S)NCc1ccc2c(c1)OCO2. The fourth-order valence-electron chi connectivity index (χ4n) is 2.05. The van der Waals surface area contributed by atoms with Gasteiger partial charge in [-0.2, -0.15) is 5.10 Å². The molecule has 0 saturated heterocycles. The Balaban J connectivity index is 1.51. The predicted octanol–water partition coefficient (Wildman–Crippen LogP) is 3.32. The summed E-state index contributed by atoms with van der Waals surface area (Å²) in [7, 11) is 0. The second-order valence-corrected chi connectivity index (χ2v) is 6.23. The first kappa shape index (κ1) is 16.7. The molecule has 0 atom stereocenters. The van der Waals surface area contributed by atoms with Crippen LogP contribution in [0.4, 0.5) is 4.39 Å². The van der Waals surface area contributed by atoms with E-state index in [9.17, 15) is 4.39 Å². The van der Waals surface area contributed by atoms with Crippen LogP contribution in [0.3, 0.4) is 0 Å². The standard InChI is InChI=1S/C16H13BrFN3O2S/c17-12-2-3-13(18)11(6-12)8-20-21-16(24)19-7-10-1-4-14-15(5-10)23-9-22-14/h1-6,8H,7,9H2,(H2,19,21,24)/b20-8-. The average Bonchev–Trinajstić information content (AvgIpc) is 3.04. The Kier molecular flexibility index (Phi) is 5.27. The molecule has 1 heterocycles. The molecule has 2 aromatic rings. The lowest BCUT2D eigenvalue weighted by Crippen LogP contribution is -2.31. The number of rotatable bonds is 4. The smallest absolute Gasteiger partial charge is 0.231 e. The molecule has 3 rings (SSSR count). The molecular weight excluding hydrogens is 397 g/mol. The first-order valence-corrected chi connectivity index (χ1v) is 8.22. The van der Waals surface area contributed by atoms with Crippen LogP contribution in [0.25, 0.3) is 0 Å². The summed E-state index contributed by atoms with van der Waals surface area (Å²) in [6, 6.07) is 10.3. The Labute approximate surface area is 152 Å². The van der Waals surface area contributed by atoms with Crippen molar-refractivity contribution >= 4 is 39.5 Å². The van der Waals surface area contributed by atoms with Gasteiger partial charge in [0.25, 0.3) is 0 Å². The maximum atomic E-state index is 13.6. The minimum Gasteiger partial charge on any atom is -0.454 e. The van der Waals surface area contributed by atoms with Gasteiger partial charge in [-0.05, 0) is 48.1 Å². The Bertz CT molecular complexity index is 801. The Morgan fingerprint density at radius 2 is 2.08 bits per heavy atom. The van der Waals surface area contributed by atoms with E-state index in [2.05, 4.69) is 31.8 Å². The fraction of sp³-hybridized carbons (Fsp3) is 0.125. The molecule has 2 aromatic carbocycles. The van der Waals surface area contributed by atoms with E-state index in [1.165, 1.54) is 12.3 Å². The molecular formula is C16H13BrFN3O2S. The van der Waals surface area contributed by atoms with Crippen molar-refractivity contribution in [3.8, 4) is 11.5 Å². The van der Waals surface area contributed by atoms with Gasteiger partial charge in [-0.1, -0.05) is 22.0 Å². The second kappa shape index (κ2) is 7.59. The first-order valence-electron chi connectivity index (χ1n) is 7.02. The van der Waals surface area contributed by atoms with Gasteiger partial charge in [0.05, 0.1) is 6.21 Å². The van der Waals surface area contributed by atoms with Crippen LogP contribution in [0.15, 0.2) is 46.0 Å². The molecule has 0 saturated carbocycles. The number of ether oxygens (including phenoxy) is 2. The normalized spacial score (nSPS) is 12.4. The van der Waals surface area contributed by atoms with E-state index in [1.807, 2.05) is 18.2 Å². The molecule has 8 heteroatoms. The predicted molar refractivity (Wildman–Crippen MR) is 96.8 cm³/mol. The summed E-state index contributed by atoms with van der Waals surface area (Å²) in [4.78, 5) is 0. The largest absolute Gasteiger partial charge is 0.454 e. The van der Waals surface area contributed by atoms with Crippen molar-refractivity contribution in [2.24, 2.45) is 5.10 Å². The van der Waals surface area contributed by atoms with Crippen LogP contribution >= 0.6 is 28.1 Å². The van der Waals surface area contributed by atoms with Crippen molar-refractivity contribution in [3.63, 3.8) is 0 Å². The van der Waals surface area contributed by atoms with Crippen molar-refractivity contribution in [2.75, 3.05) is 6.79 Å². The third kappa shape index (κ3) is 4.21. The zero-order valence-electron chi connectivity index (χ0n) is 12.4. The summed E-state index contributed by atoms with van der Waals surface area (Å²) in [5.74, 6) is 1.10. The maximum Gasteiger partial charge on any atom is 0.231 e. The highest BCUT2D eigenvalue weighted by atomic mass is 79.9. The van der Waals surface area contributed by atoms with Gasteiger partial charge in [-0.15, -0.1) is 0 Å². The Hall–Kier alpha value is -2.19. The van der Waals surface area contributed by atoms with Gasteiger partial charge in [0.15, 0.2) is 16.6 Å². The number of hydrazone groups is 1. The molecule has 2 N–H and O–H groups in total. The molecule has 0 radical (unpaired) electrons. The molecule has 24 heavy (non-hydrogen) atoms. The van der Waals surface area contributed by atoms with E-state index >= 15 is 0 Å². The van der Waals surface area contributed by atoms with Crippen molar-refractivity contribution in [2.45, 2.75) is 6.54 Å².